The first-order valence-electron chi connectivity index (χ1n) is 4.02. The van der Waals surface area contributed by atoms with Gasteiger partial charge in [0.1, 0.15) is 6.54 Å². The molecule has 0 aromatic carbocycles. The zero-order valence-electron chi connectivity index (χ0n) is 7.97. The van der Waals surface area contributed by atoms with Gasteiger partial charge in [-0.15, -0.1) is 12.4 Å². The van der Waals surface area contributed by atoms with Crippen LogP contribution in [-0.4, -0.2) is 19.9 Å². The fourth-order valence-electron chi connectivity index (χ4n) is 1.10. The lowest BCUT2D eigenvalue weighted by molar-refractivity contribution is 0.385. The molecule has 0 amide bonds. The molecule has 0 bridgehead atoms. The maximum atomic E-state index is 4.84. The molecular formula is C8H11ClN4O. The Labute approximate surface area is 87.5 Å². The summed E-state index contributed by atoms with van der Waals surface area (Å²) in [5.74, 6) is 1.24. The lowest BCUT2D eigenvalue weighted by Crippen LogP contribution is -2.01. The Balaban J connectivity index is 0.000000980. The minimum atomic E-state index is 0. The molecule has 5 nitrogen and oxygen atoms in total. The number of rotatable bonds is 2. The van der Waals surface area contributed by atoms with Crippen molar-refractivity contribution >= 4 is 12.4 Å². The third-order valence-electron chi connectivity index (χ3n) is 1.64. The molecule has 0 unspecified atom stereocenters. The van der Waals surface area contributed by atoms with Crippen LogP contribution in [0.1, 0.15) is 17.3 Å². The second-order valence-corrected chi connectivity index (χ2v) is 2.94. The van der Waals surface area contributed by atoms with E-state index in [2.05, 4.69) is 15.2 Å². The van der Waals surface area contributed by atoms with E-state index in [-0.39, 0.29) is 12.4 Å². The summed E-state index contributed by atoms with van der Waals surface area (Å²) in [6.07, 6.45) is 3.73. The molecule has 0 aliphatic carbocycles. The Bertz CT molecular complexity index is 371. The van der Waals surface area contributed by atoms with Crippen LogP contribution in [-0.2, 0) is 6.54 Å². The highest BCUT2D eigenvalue weighted by molar-refractivity contribution is 5.85. The van der Waals surface area contributed by atoms with E-state index in [9.17, 15) is 0 Å². The van der Waals surface area contributed by atoms with Crippen LogP contribution in [0.3, 0.4) is 0 Å². The predicted molar refractivity (Wildman–Crippen MR) is 52.3 cm³/mol. The van der Waals surface area contributed by atoms with E-state index in [0.717, 1.165) is 5.56 Å². The molecule has 0 radical (unpaired) electrons. The second kappa shape index (κ2) is 4.23. The van der Waals surface area contributed by atoms with E-state index >= 15 is 0 Å². The van der Waals surface area contributed by atoms with Gasteiger partial charge in [0.05, 0.1) is 6.20 Å². The minimum absolute atomic E-state index is 0. The zero-order chi connectivity index (χ0) is 9.26. The Morgan fingerprint density at radius 3 is 2.71 bits per heavy atom. The Morgan fingerprint density at radius 2 is 2.21 bits per heavy atom. The van der Waals surface area contributed by atoms with Crippen molar-refractivity contribution < 1.29 is 4.52 Å². The molecule has 14 heavy (non-hydrogen) atoms. The van der Waals surface area contributed by atoms with Gasteiger partial charge in [-0.05, 0) is 12.5 Å². The Kier molecular flexibility index (Phi) is 3.24. The normalized spacial score (nSPS) is 9.86. The lowest BCUT2D eigenvalue weighted by Gasteiger charge is -1.93. The van der Waals surface area contributed by atoms with Crippen molar-refractivity contribution in [3.63, 3.8) is 0 Å². The molecule has 0 atom stereocenters. The SMILES string of the molecule is Cc1cnn(Cc2noc(C)n2)c1.Cl. The molecule has 0 saturated heterocycles. The van der Waals surface area contributed by atoms with E-state index in [4.69, 9.17) is 4.52 Å². The standard InChI is InChI=1S/C8H10N4O.ClH/c1-6-3-9-12(4-6)5-8-10-7(2)13-11-8;/h3-4H,5H2,1-2H3;1H. The summed E-state index contributed by atoms with van der Waals surface area (Å²) in [5, 5.41) is 7.89. The summed E-state index contributed by atoms with van der Waals surface area (Å²) in [4.78, 5) is 4.08. The molecule has 0 aliphatic heterocycles. The first-order chi connectivity index (χ1) is 6.24. The van der Waals surface area contributed by atoms with Crippen molar-refractivity contribution in [1.82, 2.24) is 19.9 Å². The molecule has 0 fully saturated rings. The predicted octanol–water partition coefficient (Wildman–Crippen LogP) is 1.35. The van der Waals surface area contributed by atoms with Crippen molar-refractivity contribution in [2.75, 3.05) is 0 Å². The number of aromatic nitrogens is 4. The highest BCUT2D eigenvalue weighted by Gasteiger charge is 2.03. The van der Waals surface area contributed by atoms with Gasteiger partial charge in [-0.2, -0.15) is 10.1 Å². The summed E-state index contributed by atoms with van der Waals surface area (Å²) in [5.41, 5.74) is 1.13. The first-order valence-corrected chi connectivity index (χ1v) is 4.02. The Morgan fingerprint density at radius 1 is 1.43 bits per heavy atom. The fourth-order valence-corrected chi connectivity index (χ4v) is 1.10. The summed E-state index contributed by atoms with van der Waals surface area (Å²) in [6.45, 7) is 4.32. The van der Waals surface area contributed by atoms with Gasteiger partial charge < -0.3 is 4.52 Å². The van der Waals surface area contributed by atoms with E-state index < -0.39 is 0 Å². The van der Waals surface area contributed by atoms with Crippen LogP contribution in [0.5, 0.6) is 0 Å². The molecule has 0 aliphatic rings. The average molecular weight is 215 g/mol. The maximum absolute atomic E-state index is 4.84. The van der Waals surface area contributed by atoms with Crippen LogP contribution in [0.2, 0.25) is 0 Å². The number of aryl methyl sites for hydroxylation is 2. The van der Waals surface area contributed by atoms with E-state index in [1.54, 1.807) is 17.8 Å². The Hall–Kier alpha value is -1.36. The molecule has 2 rings (SSSR count). The van der Waals surface area contributed by atoms with Gasteiger partial charge in [0, 0.05) is 13.1 Å². The minimum Gasteiger partial charge on any atom is -0.340 e. The molecule has 0 saturated carbocycles. The zero-order valence-corrected chi connectivity index (χ0v) is 8.78. The summed E-state index contributed by atoms with van der Waals surface area (Å²) in [7, 11) is 0. The van der Waals surface area contributed by atoms with E-state index in [0.29, 0.717) is 18.3 Å². The molecule has 2 heterocycles. The molecule has 76 valence electrons. The van der Waals surface area contributed by atoms with E-state index in [1.807, 2.05) is 13.1 Å². The fraction of sp³-hybridized carbons (Fsp3) is 0.375. The summed E-state index contributed by atoms with van der Waals surface area (Å²) in [6, 6.07) is 0. The van der Waals surface area contributed by atoms with Crippen molar-refractivity contribution in [2.45, 2.75) is 20.4 Å². The average Bonchev–Trinajstić information content (AvgIpc) is 2.62. The molecule has 0 spiro atoms. The van der Waals surface area contributed by atoms with Crippen LogP contribution in [0.4, 0.5) is 0 Å². The lowest BCUT2D eigenvalue weighted by atomic mass is 10.4. The first kappa shape index (κ1) is 10.7. The van der Waals surface area contributed by atoms with Gasteiger partial charge in [0.15, 0.2) is 5.82 Å². The number of halogens is 1. The largest absolute Gasteiger partial charge is 0.340 e. The van der Waals surface area contributed by atoms with Gasteiger partial charge in [-0.1, -0.05) is 5.16 Å². The molecule has 0 N–H and O–H groups in total. The van der Waals surface area contributed by atoms with Gasteiger partial charge in [-0.25, -0.2) is 0 Å². The van der Waals surface area contributed by atoms with Crippen LogP contribution in [0.15, 0.2) is 16.9 Å². The van der Waals surface area contributed by atoms with Gasteiger partial charge >= 0.3 is 0 Å². The van der Waals surface area contributed by atoms with Gasteiger partial charge in [0.25, 0.3) is 0 Å². The van der Waals surface area contributed by atoms with Crippen molar-refractivity contribution in [2.24, 2.45) is 0 Å². The highest BCUT2D eigenvalue weighted by atomic mass is 35.5. The smallest absolute Gasteiger partial charge is 0.223 e. The van der Waals surface area contributed by atoms with Crippen LogP contribution < -0.4 is 0 Å². The molecular weight excluding hydrogens is 204 g/mol. The molecule has 6 heteroatoms. The number of nitrogens with zero attached hydrogens (tertiary/aromatic N) is 4. The third kappa shape index (κ3) is 2.32. The number of hydrogen-bond donors (Lipinski definition) is 0. The summed E-state index contributed by atoms with van der Waals surface area (Å²) >= 11 is 0. The van der Waals surface area contributed by atoms with Crippen molar-refractivity contribution in [1.29, 1.82) is 0 Å². The topological polar surface area (TPSA) is 56.7 Å². The van der Waals surface area contributed by atoms with Gasteiger partial charge in [-0.3, -0.25) is 4.68 Å². The summed E-state index contributed by atoms with van der Waals surface area (Å²) < 4.78 is 6.62. The van der Waals surface area contributed by atoms with Gasteiger partial charge in [0.2, 0.25) is 5.89 Å². The third-order valence-corrected chi connectivity index (χ3v) is 1.64. The maximum Gasteiger partial charge on any atom is 0.223 e. The monoisotopic (exact) mass is 214 g/mol. The second-order valence-electron chi connectivity index (χ2n) is 2.94. The van der Waals surface area contributed by atoms with Crippen LogP contribution in [0.25, 0.3) is 0 Å². The van der Waals surface area contributed by atoms with Crippen LogP contribution in [0, 0.1) is 13.8 Å². The molecule has 2 aromatic rings. The van der Waals surface area contributed by atoms with Crippen molar-refractivity contribution in [3.8, 4) is 0 Å². The highest BCUT2D eigenvalue weighted by Crippen LogP contribution is 1.99. The molecule has 2 aromatic heterocycles. The van der Waals surface area contributed by atoms with E-state index in [1.165, 1.54) is 0 Å². The van der Waals surface area contributed by atoms with Crippen molar-refractivity contribution in [3.05, 3.63) is 29.7 Å². The number of hydrogen-bond acceptors (Lipinski definition) is 4. The quantitative estimate of drug-likeness (QED) is 0.757. The van der Waals surface area contributed by atoms with Crippen LogP contribution >= 0.6 is 12.4 Å².